The number of nitrogens with zero attached hydrogens (tertiary/aromatic N) is 2. The topological polar surface area (TPSA) is 23.6 Å². The highest BCUT2D eigenvalue weighted by atomic mass is 19.1. The molecule has 1 fully saturated rings. The molecule has 21 heavy (non-hydrogen) atoms. The van der Waals surface area contributed by atoms with Crippen LogP contribution < -0.4 is 0 Å². The largest absolute Gasteiger partial charge is 0.300 e. The summed E-state index contributed by atoms with van der Waals surface area (Å²) in [6.07, 6.45) is 0.296. The van der Waals surface area contributed by atoms with Gasteiger partial charge in [-0.1, -0.05) is 0 Å². The summed E-state index contributed by atoms with van der Waals surface area (Å²) in [5.41, 5.74) is 0.119. The van der Waals surface area contributed by atoms with Crippen LogP contribution in [0.5, 0.6) is 0 Å². The van der Waals surface area contributed by atoms with Crippen LogP contribution in [0.25, 0.3) is 0 Å². The third-order valence-corrected chi connectivity index (χ3v) is 3.98. The molecule has 0 aliphatic carbocycles. The van der Waals surface area contributed by atoms with Gasteiger partial charge in [-0.15, -0.1) is 0 Å². The Labute approximate surface area is 124 Å². The van der Waals surface area contributed by atoms with E-state index < -0.39 is 11.6 Å². The molecule has 1 aromatic rings. The van der Waals surface area contributed by atoms with Crippen molar-refractivity contribution in [3.05, 3.63) is 35.4 Å². The van der Waals surface area contributed by atoms with E-state index in [2.05, 4.69) is 23.6 Å². The summed E-state index contributed by atoms with van der Waals surface area (Å²) in [5, 5.41) is 0. The Kier molecular flexibility index (Phi) is 5.42. The summed E-state index contributed by atoms with van der Waals surface area (Å²) in [5.74, 6) is -1.62. The SMILES string of the molecule is CC(C)N1CCN(CCC(=O)c2cc(F)cc(F)c2)CC1. The number of benzene rings is 1. The molecule has 116 valence electrons. The molecule has 2 rings (SSSR count). The van der Waals surface area contributed by atoms with E-state index in [-0.39, 0.29) is 11.3 Å². The second kappa shape index (κ2) is 7.09. The maximum Gasteiger partial charge on any atom is 0.164 e. The summed E-state index contributed by atoms with van der Waals surface area (Å²) in [6, 6.07) is 3.52. The third kappa shape index (κ3) is 4.58. The molecule has 0 bridgehead atoms. The minimum Gasteiger partial charge on any atom is -0.300 e. The molecule has 0 aromatic heterocycles. The highest BCUT2D eigenvalue weighted by Gasteiger charge is 2.19. The van der Waals surface area contributed by atoms with E-state index in [0.717, 1.165) is 44.4 Å². The van der Waals surface area contributed by atoms with Gasteiger partial charge in [0.05, 0.1) is 0 Å². The van der Waals surface area contributed by atoms with Gasteiger partial charge in [-0.3, -0.25) is 9.69 Å². The number of piperazine rings is 1. The number of carbonyl (C=O) groups is 1. The van der Waals surface area contributed by atoms with Crippen LogP contribution in [-0.2, 0) is 0 Å². The van der Waals surface area contributed by atoms with Crippen molar-refractivity contribution in [2.45, 2.75) is 26.3 Å². The van der Waals surface area contributed by atoms with Crippen molar-refractivity contribution >= 4 is 5.78 Å². The maximum absolute atomic E-state index is 13.1. The van der Waals surface area contributed by atoms with E-state index >= 15 is 0 Å². The first kappa shape index (κ1) is 16.0. The molecule has 0 saturated carbocycles. The van der Waals surface area contributed by atoms with Crippen molar-refractivity contribution in [2.24, 2.45) is 0 Å². The second-order valence-electron chi connectivity index (χ2n) is 5.80. The minimum absolute atomic E-state index is 0.119. The fourth-order valence-electron chi connectivity index (χ4n) is 2.62. The van der Waals surface area contributed by atoms with Crippen LogP contribution in [0, 0.1) is 11.6 Å². The van der Waals surface area contributed by atoms with Crippen LogP contribution in [0.4, 0.5) is 8.78 Å². The van der Waals surface area contributed by atoms with E-state index in [4.69, 9.17) is 0 Å². The lowest BCUT2D eigenvalue weighted by molar-refractivity contribution is 0.0889. The molecule has 1 saturated heterocycles. The molecule has 1 heterocycles. The molecule has 0 atom stereocenters. The van der Waals surface area contributed by atoms with Gasteiger partial charge in [0.15, 0.2) is 5.78 Å². The Morgan fingerprint density at radius 2 is 1.67 bits per heavy atom. The van der Waals surface area contributed by atoms with Crippen LogP contribution in [0.2, 0.25) is 0 Å². The lowest BCUT2D eigenvalue weighted by Crippen LogP contribution is -2.49. The number of Topliss-reactive ketones (excluding diaryl/α,β-unsaturated/α-hetero) is 1. The first-order valence-electron chi connectivity index (χ1n) is 7.41. The predicted molar refractivity (Wildman–Crippen MR) is 78.5 cm³/mol. The summed E-state index contributed by atoms with van der Waals surface area (Å²) in [4.78, 5) is 16.6. The van der Waals surface area contributed by atoms with E-state index in [1.54, 1.807) is 0 Å². The number of carbonyl (C=O) groups excluding carboxylic acids is 1. The molecule has 0 radical (unpaired) electrons. The van der Waals surface area contributed by atoms with Gasteiger partial charge in [-0.2, -0.15) is 0 Å². The zero-order valence-corrected chi connectivity index (χ0v) is 12.6. The Morgan fingerprint density at radius 3 is 2.19 bits per heavy atom. The average molecular weight is 296 g/mol. The monoisotopic (exact) mass is 296 g/mol. The van der Waals surface area contributed by atoms with Crippen LogP contribution >= 0.6 is 0 Å². The Balaban J connectivity index is 1.82. The molecule has 5 heteroatoms. The second-order valence-corrected chi connectivity index (χ2v) is 5.80. The zero-order valence-electron chi connectivity index (χ0n) is 12.6. The number of hydrogen-bond donors (Lipinski definition) is 0. The van der Waals surface area contributed by atoms with Gasteiger partial charge < -0.3 is 4.90 Å². The normalized spacial score (nSPS) is 17.4. The lowest BCUT2D eigenvalue weighted by Gasteiger charge is -2.36. The van der Waals surface area contributed by atoms with Gasteiger partial charge in [0.1, 0.15) is 11.6 Å². The van der Waals surface area contributed by atoms with E-state index in [1.807, 2.05) is 0 Å². The lowest BCUT2D eigenvalue weighted by atomic mass is 10.1. The Bertz CT molecular complexity index is 477. The van der Waals surface area contributed by atoms with Gasteiger partial charge in [-0.05, 0) is 26.0 Å². The van der Waals surface area contributed by atoms with Crippen molar-refractivity contribution in [3.8, 4) is 0 Å². The first-order valence-corrected chi connectivity index (χ1v) is 7.41. The summed E-state index contributed by atoms with van der Waals surface area (Å²) in [6.45, 7) is 8.87. The molecule has 1 aliphatic heterocycles. The molecule has 0 unspecified atom stereocenters. The number of ketones is 1. The van der Waals surface area contributed by atoms with Gasteiger partial charge in [0.2, 0.25) is 0 Å². The molecule has 0 N–H and O–H groups in total. The van der Waals surface area contributed by atoms with Gasteiger partial charge in [-0.25, -0.2) is 8.78 Å². The van der Waals surface area contributed by atoms with Crippen molar-refractivity contribution in [3.63, 3.8) is 0 Å². The van der Waals surface area contributed by atoms with Crippen molar-refractivity contribution in [1.29, 1.82) is 0 Å². The molecule has 1 aromatic carbocycles. The standard InChI is InChI=1S/C16H22F2N2O/c1-12(2)20-7-5-19(6-8-20)4-3-16(21)13-9-14(17)11-15(18)10-13/h9-12H,3-8H2,1-2H3. The number of hydrogen-bond acceptors (Lipinski definition) is 3. The van der Waals surface area contributed by atoms with E-state index in [1.165, 1.54) is 0 Å². The molecule has 3 nitrogen and oxygen atoms in total. The number of rotatable bonds is 5. The minimum atomic E-state index is -0.705. The van der Waals surface area contributed by atoms with Crippen molar-refractivity contribution in [2.75, 3.05) is 32.7 Å². The van der Waals surface area contributed by atoms with Gasteiger partial charge in [0.25, 0.3) is 0 Å². The third-order valence-electron chi connectivity index (χ3n) is 3.98. The zero-order chi connectivity index (χ0) is 15.4. The van der Waals surface area contributed by atoms with Crippen LogP contribution in [0.1, 0.15) is 30.6 Å². The molecule has 0 spiro atoms. The Hall–Kier alpha value is -1.33. The maximum atomic E-state index is 13.1. The summed E-state index contributed by atoms with van der Waals surface area (Å²) < 4.78 is 26.2. The summed E-state index contributed by atoms with van der Waals surface area (Å²) >= 11 is 0. The Morgan fingerprint density at radius 1 is 1.10 bits per heavy atom. The van der Waals surface area contributed by atoms with E-state index in [9.17, 15) is 13.6 Å². The fourth-order valence-corrected chi connectivity index (χ4v) is 2.62. The highest BCUT2D eigenvalue weighted by Crippen LogP contribution is 2.12. The van der Waals surface area contributed by atoms with Crippen LogP contribution in [0.3, 0.4) is 0 Å². The fraction of sp³-hybridized carbons (Fsp3) is 0.562. The van der Waals surface area contributed by atoms with Crippen molar-refractivity contribution < 1.29 is 13.6 Å². The molecular formula is C16H22F2N2O. The number of halogens is 2. The van der Waals surface area contributed by atoms with Crippen LogP contribution in [0.15, 0.2) is 18.2 Å². The quantitative estimate of drug-likeness (QED) is 0.780. The average Bonchev–Trinajstić information content (AvgIpc) is 2.44. The molecule has 0 amide bonds. The first-order chi connectivity index (χ1) is 9.95. The van der Waals surface area contributed by atoms with Crippen LogP contribution in [-0.4, -0.2) is 54.3 Å². The smallest absolute Gasteiger partial charge is 0.164 e. The predicted octanol–water partition coefficient (Wildman–Crippen LogP) is 2.56. The van der Waals surface area contributed by atoms with E-state index in [0.29, 0.717) is 19.0 Å². The van der Waals surface area contributed by atoms with Crippen molar-refractivity contribution in [1.82, 2.24) is 9.80 Å². The van der Waals surface area contributed by atoms with Gasteiger partial charge >= 0.3 is 0 Å². The molecule has 1 aliphatic rings. The highest BCUT2D eigenvalue weighted by molar-refractivity contribution is 5.96. The van der Waals surface area contributed by atoms with Gasteiger partial charge in [0, 0.05) is 56.8 Å². The molecular weight excluding hydrogens is 274 g/mol. The summed E-state index contributed by atoms with van der Waals surface area (Å²) in [7, 11) is 0.